The van der Waals surface area contributed by atoms with Gasteiger partial charge in [0, 0.05) is 26.3 Å². The van der Waals surface area contributed by atoms with Crippen molar-refractivity contribution in [3.05, 3.63) is 35.9 Å². The third-order valence-electron chi connectivity index (χ3n) is 4.01. The van der Waals surface area contributed by atoms with Gasteiger partial charge in [0.05, 0.1) is 6.04 Å². The summed E-state index contributed by atoms with van der Waals surface area (Å²) >= 11 is 0. The smallest absolute Gasteiger partial charge is 0.318 e. The zero-order valence-corrected chi connectivity index (χ0v) is 11.0. The number of nitrogens with zero attached hydrogens (tertiary/aromatic N) is 1. The SMILES string of the molecule is O=C1N[C@H](c2ccccc2)CN1CC1CCOCC1. The third kappa shape index (κ3) is 2.89. The minimum Gasteiger partial charge on any atom is -0.381 e. The Morgan fingerprint density at radius 2 is 1.95 bits per heavy atom. The van der Waals surface area contributed by atoms with Crippen LogP contribution < -0.4 is 5.32 Å². The molecule has 0 spiro atoms. The topological polar surface area (TPSA) is 41.6 Å². The molecule has 2 amide bonds. The summed E-state index contributed by atoms with van der Waals surface area (Å²) in [4.78, 5) is 14.0. The van der Waals surface area contributed by atoms with Crippen LogP contribution in [0.15, 0.2) is 30.3 Å². The number of hydrogen-bond donors (Lipinski definition) is 1. The lowest BCUT2D eigenvalue weighted by Gasteiger charge is -2.26. The molecule has 4 heteroatoms. The van der Waals surface area contributed by atoms with Gasteiger partial charge >= 0.3 is 6.03 Å². The van der Waals surface area contributed by atoms with Gasteiger partial charge in [-0.2, -0.15) is 0 Å². The summed E-state index contributed by atoms with van der Waals surface area (Å²) in [5.41, 5.74) is 1.19. The lowest BCUT2D eigenvalue weighted by molar-refractivity contribution is 0.0581. The number of benzene rings is 1. The molecule has 3 rings (SSSR count). The Balaban J connectivity index is 1.60. The van der Waals surface area contributed by atoms with Crippen molar-refractivity contribution >= 4 is 6.03 Å². The second-order valence-corrected chi connectivity index (χ2v) is 5.37. The molecule has 1 atom stereocenters. The van der Waals surface area contributed by atoms with E-state index in [1.54, 1.807) is 0 Å². The van der Waals surface area contributed by atoms with E-state index in [1.807, 2.05) is 23.1 Å². The maximum absolute atomic E-state index is 12.0. The molecule has 2 heterocycles. The highest BCUT2D eigenvalue weighted by atomic mass is 16.5. The monoisotopic (exact) mass is 260 g/mol. The van der Waals surface area contributed by atoms with E-state index in [0.29, 0.717) is 5.92 Å². The molecule has 0 aliphatic carbocycles. The normalized spacial score (nSPS) is 24.5. The van der Waals surface area contributed by atoms with Crippen molar-refractivity contribution in [3.8, 4) is 0 Å². The van der Waals surface area contributed by atoms with Crippen molar-refractivity contribution < 1.29 is 9.53 Å². The van der Waals surface area contributed by atoms with E-state index in [0.717, 1.165) is 39.1 Å². The van der Waals surface area contributed by atoms with Crippen LogP contribution >= 0.6 is 0 Å². The van der Waals surface area contributed by atoms with Crippen molar-refractivity contribution in [2.75, 3.05) is 26.3 Å². The first-order valence-corrected chi connectivity index (χ1v) is 7.01. The van der Waals surface area contributed by atoms with Crippen LogP contribution in [0.2, 0.25) is 0 Å². The van der Waals surface area contributed by atoms with E-state index in [-0.39, 0.29) is 12.1 Å². The molecule has 4 nitrogen and oxygen atoms in total. The number of amides is 2. The van der Waals surface area contributed by atoms with Crippen molar-refractivity contribution in [1.82, 2.24) is 10.2 Å². The highest BCUT2D eigenvalue weighted by Crippen LogP contribution is 2.23. The summed E-state index contributed by atoms with van der Waals surface area (Å²) in [5.74, 6) is 0.592. The number of urea groups is 1. The summed E-state index contributed by atoms with van der Waals surface area (Å²) in [6, 6.07) is 10.4. The van der Waals surface area contributed by atoms with Gasteiger partial charge in [0.2, 0.25) is 0 Å². The fourth-order valence-electron chi connectivity index (χ4n) is 2.86. The predicted molar refractivity (Wildman–Crippen MR) is 72.8 cm³/mol. The number of carbonyl (C=O) groups excluding carboxylic acids is 1. The maximum atomic E-state index is 12.0. The van der Waals surface area contributed by atoms with Gasteiger partial charge in [-0.1, -0.05) is 30.3 Å². The van der Waals surface area contributed by atoms with Crippen molar-refractivity contribution in [2.24, 2.45) is 5.92 Å². The molecular formula is C15H20N2O2. The van der Waals surface area contributed by atoms with E-state index in [9.17, 15) is 4.79 Å². The molecule has 0 bridgehead atoms. The van der Waals surface area contributed by atoms with Gasteiger partial charge in [0.15, 0.2) is 0 Å². The second-order valence-electron chi connectivity index (χ2n) is 5.37. The van der Waals surface area contributed by atoms with Crippen LogP contribution in [-0.2, 0) is 4.74 Å². The van der Waals surface area contributed by atoms with Crippen LogP contribution in [0.1, 0.15) is 24.4 Å². The number of ether oxygens (including phenoxy) is 1. The molecule has 2 saturated heterocycles. The average Bonchev–Trinajstić information content (AvgIpc) is 2.82. The molecule has 0 aromatic heterocycles. The number of carbonyl (C=O) groups is 1. The van der Waals surface area contributed by atoms with Gasteiger partial charge in [-0.05, 0) is 24.3 Å². The Morgan fingerprint density at radius 1 is 1.21 bits per heavy atom. The van der Waals surface area contributed by atoms with Crippen molar-refractivity contribution in [2.45, 2.75) is 18.9 Å². The second kappa shape index (κ2) is 5.61. The van der Waals surface area contributed by atoms with E-state index in [4.69, 9.17) is 4.74 Å². The molecule has 102 valence electrons. The summed E-state index contributed by atoms with van der Waals surface area (Å²) in [5, 5.41) is 3.07. The predicted octanol–water partition coefficient (Wildman–Crippen LogP) is 2.18. The molecule has 0 saturated carbocycles. The Labute approximate surface area is 113 Å². The highest BCUT2D eigenvalue weighted by molar-refractivity contribution is 5.77. The molecule has 1 N–H and O–H groups in total. The largest absolute Gasteiger partial charge is 0.381 e. The van der Waals surface area contributed by atoms with Crippen LogP contribution in [-0.4, -0.2) is 37.2 Å². The van der Waals surface area contributed by atoms with Gasteiger partial charge in [-0.15, -0.1) is 0 Å². The van der Waals surface area contributed by atoms with Gasteiger partial charge in [0.25, 0.3) is 0 Å². The fourth-order valence-corrected chi connectivity index (χ4v) is 2.86. The first-order chi connectivity index (χ1) is 9.33. The third-order valence-corrected chi connectivity index (χ3v) is 4.01. The van der Waals surface area contributed by atoms with Gasteiger partial charge < -0.3 is 15.0 Å². The molecule has 2 fully saturated rings. The Kier molecular flexibility index (Phi) is 3.69. The van der Waals surface area contributed by atoms with Gasteiger partial charge in [0.1, 0.15) is 0 Å². The Morgan fingerprint density at radius 3 is 2.68 bits per heavy atom. The van der Waals surface area contributed by atoms with Crippen LogP contribution in [0.3, 0.4) is 0 Å². The van der Waals surface area contributed by atoms with Crippen molar-refractivity contribution in [1.29, 1.82) is 0 Å². The summed E-state index contributed by atoms with van der Waals surface area (Å²) in [6.07, 6.45) is 2.14. The van der Waals surface area contributed by atoms with E-state index in [2.05, 4.69) is 17.4 Å². The highest BCUT2D eigenvalue weighted by Gasteiger charge is 2.31. The number of rotatable bonds is 3. The van der Waals surface area contributed by atoms with Gasteiger partial charge in [-0.25, -0.2) is 4.79 Å². The Hall–Kier alpha value is -1.55. The zero-order valence-electron chi connectivity index (χ0n) is 11.0. The molecule has 0 unspecified atom stereocenters. The Bertz CT molecular complexity index is 429. The summed E-state index contributed by atoms with van der Waals surface area (Å²) in [7, 11) is 0. The molecule has 2 aliphatic rings. The standard InChI is InChI=1S/C15H20N2O2/c18-15-16-14(13-4-2-1-3-5-13)11-17(15)10-12-6-8-19-9-7-12/h1-5,12,14H,6-11H2,(H,16,18)/t14-/m0/s1. The van der Waals surface area contributed by atoms with Crippen LogP contribution in [0.4, 0.5) is 4.79 Å². The maximum Gasteiger partial charge on any atom is 0.318 e. The van der Waals surface area contributed by atoms with Crippen LogP contribution in [0.5, 0.6) is 0 Å². The molecule has 19 heavy (non-hydrogen) atoms. The minimum atomic E-state index is 0.0698. The van der Waals surface area contributed by atoms with E-state index >= 15 is 0 Å². The average molecular weight is 260 g/mol. The number of nitrogens with one attached hydrogen (secondary N) is 1. The van der Waals surface area contributed by atoms with Crippen LogP contribution in [0.25, 0.3) is 0 Å². The molecule has 1 aromatic rings. The van der Waals surface area contributed by atoms with Crippen molar-refractivity contribution in [3.63, 3.8) is 0 Å². The molecule has 1 aromatic carbocycles. The van der Waals surface area contributed by atoms with Crippen LogP contribution in [0, 0.1) is 5.92 Å². The lowest BCUT2D eigenvalue weighted by atomic mass is 9.99. The zero-order chi connectivity index (χ0) is 13.1. The minimum absolute atomic E-state index is 0.0698. The lowest BCUT2D eigenvalue weighted by Crippen LogP contribution is -2.34. The summed E-state index contributed by atoms with van der Waals surface area (Å²) in [6.45, 7) is 3.31. The molecular weight excluding hydrogens is 240 g/mol. The molecule has 2 aliphatic heterocycles. The first kappa shape index (κ1) is 12.5. The first-order valence-electron chi connectivity index (χ1n) is 7.01. The number of hydrogen-bond acceptors (Lipinski definition) is 2. The van der Waals surface area contributed by atoms with E-state index < -0.39 is 0 Å². The van der Waals surface area contributed by atoms with E-state index in [1.165, 1.54) is 5.56 Å². The quantitative estimate of drug-likeness (QED) is 0.905. The molecule has 0 radical (unpaired) electrons. The fraction of sp³-hybridized carbons (Fsp3) is 0.533. The van der Waals surface area contributed by atoms with Gasteiger partial charge in [-0.3, -0.25) is 0 Å². The summed E-state index contributed by atoms with van der Waals surface area (Å²) < 4.78 is 5.36.